The topological polar surface area (TPSA) is 37.0 Å². The molecule has 0 aromatic rings. The van der Waals surface area contributed by atoms with Crippen LogP contribution in [0.3, 0.4) is 0 Å². The van der Waals surface area contributed by atoms with Crippen molar-refractivity contribution < 1.29 is 9.90 Å². The molecule has 0 aliphatic carbocycles. The highest BCUT2D eigenvalue weighted by molar-refractivity contribution is 6.29. The first kappa shape index (κ1) is 7.76. The zero-order valence-electron chi connectivity index (χ0n) is 4.69. The minimum absolute atomic E-state index is 0.490. The first-order valence-electron chi connectivity index (χ1n) is 2.53. The highest BCUT2D eigenvalue weighted by Crippen LogP contribution is 2.03. The molecule has 0 spiro atoms. The van der Waals surface area contributed by atoms with Gasteiger partial charge in [0.25, 0.3) is 0 Å². The lowest BCUT2D eigenvalue weighted by atomic mass is 10.2. The van der Waals surface area contributed by atoms with Crippen LogP contribution >= 0.6 is 11.6 Å². The highest BCUT2D eigenvalue weighted by Gasteiger charge is 2.12. The van der Waals surface area contributed by atoms with E-state index in [4.69, 9.17) is 11.6 Å². The average Bonchev–Trinajstić information content (AvgIpc) is 1.67. The molecule has 0 amide bonds. The fourth-order valence-electron chi connectivity index (χ4n) is 0.371. The summed E-state index contributed by atoms with van der Waals surface area (Å²) >= 11 is 5.25. The van der Waals surface area contributed by atoms with Crippen molar-refractivity contribution in [3.05, 3.63) is 0 Å². The van der Waals surface area contributed by atoms with E-state index in [1.807, 2.05) is 6.92 Å². The normalized spacial score (nSPS) is 13.2. The molecule has 1 radical (unpaired) electrons. The van der Waals surface area contributed by atoms with Crippen LogP contribution in [0.1, 0.15) is 19.8 Å². The Labute approximate surface area is 53.5 Å². The molecule has 0 aromatic carbocycles. The van der Waals surface area contributed by atoms with Gasteiger partial charge in [0, 0.05) is 0 Å². The van der Waals surface area contributed by atoms with Gasteiger partial charge >= 0.3 is 5.97 Å². The average molecular weight is 136 g/mol. The van der Waals surface area contributed by atoms with Gasteiger partial charge in [-0.3, -0.25) is 0 Å². The van der Waals surface area contributed by atoms with Crippen LogP contribution < -0.4 is 0 Å². The summed E-state index contributed by atoms with van der Waals surface area (Å²) in [4.78, 5) is 9.85. The number of carbonyl (C=O) groups excluding carboxylic acids is 1. The predicted molar refractivity (Wildman–Crippen MR) is 30.2 cm³/mol. The molecule has 0 heterocycles. The van der Waals surface area contributed by atoms with Gasteiger partial charge in [-0.05, 0) is 6.42 Å². The Morgan fingerprint density at radius 2 is 2.25 bits per heavy atom. The Hall–Kier alpha value is -0.240. The number of hydrogen-bond acceptors (Lipinski definition) is 1. The molecule has 0 aromatic heterocycles. The standard InChI is InChI=1S/C5H8ClO2/c1-2-3-4(6)5(7)8/h4H,2-3H2,1H3. The summed E-state index contributed by atoms with van der Waals surface area (Å²) in [6, 6.07) is 0. The molecule has 0 bridgehead atoms. The predicted octanol–water partition coefficient (Wildman–Crippen LogP) is 1.35. The van der Waals surface area contributed by atoms with Crippen molar-refractivity contribution in [2.75, 3.05) is 0 Å². The van der Waals surface area contributed by atoms with Gasteiger partial charge in [-0.1, -0.05) is 13.3 Å². The van der Waals surface area contributed by atoms with Crippen molar-refractivity contribution in [2.24, 2.45) is 0 Å². The van der Waals surface area contributed by atoms with Crippen molar-refractivity contribution in [3.63, 3.8) is 0 Å². The van der Waals surface area contributed by atoms with E-state index in [1.54, 1.807) is 0 Å². The molecule has 47 valence electrons. The van der Waals surface area contributed by atoms with E-state index in [0.717, 1.165) is 6.42 Å². The lowest BCUT2D eigenvalue weighted by Gasteiger charge is -1.95. The molecule has 0 saturated carbocycles. The van der Waals surface area contributed by atoms with E-state index < -0.39 is 11.3 Å². The molecule has 0 N–H and O–H groups in total. The summed E-state index contributed by atoms with van der Waals surface area (Å²) in [5.41, 5.74) is 0. The lowest BCUT2D eigenvalue weighted by Crippen LogP contribution is -2.10. The quantitative estimate of drug-likeness (QED) is 0.539. The number of carbonyl (C=O) groups is 1. The monoisotopic (exact) mass is 135 g/mol. The second kappa shape index (κ2) is 3.72. The molecule has 2 nitrogen and oxygen atoms in total. The smallest absolute Gasteiger partial charge is 0.246 e. The third-order valence-corrected chi connectivity index (χ3v) is 1.19. The number of alkyl halides is 1. The van der Waals surface area contributed by atoms with Gasteiger partial charge in [0.2, 0.25) is 0 Å². The van der Waals surface area contributed by atoms with Gasteiger partial charge in [-0.2, -0.15) is 0 Å². The van der Waals surface area contributed by atoms with E-state index in [1.165, 1.54) is 0 Å². The second-order valence-corrected chi connectivity index (χ2v) is 2.10. The number of hydrogen-bond donors (Lipinski definition) is 0. The van der Waals surface area contributed by atoms with Crippen LogP contribution in [0.25, 0.3) is 0 Å². The fourth-order valence-corrected chi connectivity index (χ4v) is 0.590. The zero-order chi connectivity index (χ0) is 6.57. The molecular weight excluding hydrogens is 128 g/mol. The molecule has 3 heteroatoms. The van der Waals surface area contributed by atoms with Crippen molar-refractivity contribution in [3.8, 4) is 0 Å². The van der Waals surface area contributed by atoms with Crippen LogP contribution in [0.4, 0.5) is 0 Å². The Morgan fingerprint density at radius 1 is 1.75 bits per heavy atom. The van der Waals surface area contributed by atoms with Crippen LogP contribution in [0.5, 0.6) is 0 Å². The maximum atomic E-state index is 9.85. The summed E-state index contributed by atoms with van der Waals surface area (Å²) < 4.78 is 0. The van der Waals surface area contributed by atoms with Gasteiger partial charge in [0.05, 0.1) is 0 Å². The largest absolute Gasteiger partial charge is 0.373 e. The van der Waals surface area contributed by atoms with Gasteiger partial charge in [-0.15, -0.1) is 11.6 Å². The van der Waals surface area contributed by atoms with Crippen molar-refractivity contribution >= 4 is 17.6 Å². The molecule has 0 saturated heterocycles. The SMILES string of the molecule is CCCC(Cl)C([O])=O. The first-order valence-corrected chi connectivity index (χ1v) is 2.97. The summed E-state index contributed by atoms with van der Waals surface area (Å²) in [5.74, 6) is -1.17. The first-order chi connectivity index (χ1) is 3.68. The van der Waals surface area contributed by atoms with Crippen LogP contribution in [0, 0.1) is 0 Å². The van der Waals surface area contributed by atoms with Crippen molar-refractivity contribution in [2.45, 2.75) is 25.1 Å². The van der Waals surface area contributed by atoms with Gasteiger partial charge in [0.15, 0.2) is 0 Å². The van der Waals surface area contributed by atoms with E-state index in [0.29, 0.717) is 6.42 Å². The van der Waals surface area contributed by atoms with Crippen LogP contribution in [-0.4, -0.2) is 11.3 Å². The van der Waals surface area contributed by atoms with Crippen LogP contribution in [0.2, 0.25) is 0 Å². The minimum atomic E-state index is -1.17. The minimum Gasteiger partial charge on any atom is -0.246 e. The molecule has 0 aliphatic rings. The van der Waals surface area contributed by atoms with Crippen molar-refractivity contribution in [1.82, 2.24) is 0 Å². The van der Waals surface area contributed by atoms with Crippen molar-refractivity contribution in [1.29, 1.82) is 0 Å². The Balaban J connectivity index is 3.32. The Kier molecular flexibility index (Phi) is 3.61. The summed E-state index contributed by atoms with van der Waals surface area (Å²) in [6.07, 6.45) is 1.27. The lowest BCUT2D eigenvalue weighted by molar-refractivity contribution is -0.142. The van der Waals surface area contributed by atoms with Gasteiger partial charge < -0.3 is 0 Å². The molecule has 1 atom stereocenters. The fraction of sp³-hybridized carbons (Fsp3) is 0.800. The second-order valence-electron chi connectivity index (χ2n) is 1.58. The number of halogens is 1. The van der Waals surface area contributed by atoms with Crippen LogP contribution in [0.15, 0.2) is 0 Å². The maximum absolute atomic E-state index is 9.85. The summed E-state index contributed by atoms with van der Waals surface area (Å²) in [6.45, 7) is 1.87. The van der Waals surface area contributed by atoms with Gasteiger partial charge in [-0.25, -0.2) is 9.90 Å². The summed E-state index contributed by atoms with van der Waals surface area (Å²) in [5, 5.41) is 9.04. The Bertz CT molecular complexity index is 82.5. The molecule has 0 fully saturated rings. The molecule has 0 aliphatic heterocycles. The zero-order valence-corrected chi connectivity index (χ0v) is 5.44. The maximum Gasteiger partial charge on any atom is 0.373 e. The highest BCUT2D eigenvalue weighted by atomic mass is 35.5. The third-order valence-electron chi connectivity index (χ3n) is 0.798. The van der Waals surface area contributed by atoms with E-state index in [-0.39, 0.29) is 0 Å². The molecule has 1 unspecified atom stereocenters. The van der Waals surface area contributed by atoms with E-state index >= 15 is 0 Å². The summed E-state index contributed by atoms with van der Waals surface area (Å²) in [7, 11) is 0. The van der Waals surface area contributed by atoms with E-state index in [9.17, 15) is 9.90 Å². The molecule has 8 heavy (non-hydrogen) atoms. The molecule has 0 rings (SSSR count). The van der Waals surface area contributed by atoms with E-state index in [2.05, 4.69) is 0 Å². The van der Waals surface area contributed by atoms with Gasteiger partial charge in [0.1, 0.15) is 5.38 Å². The van der Waals surface area contributed by atoms with Crippen LogP contribution in [-0.2, 0) is 9.90 Å². The molecular formula is C5H8ClO2. The third kappa shape index (κ3) is 2.86. The Morgan fingerprint density at radius 3 is 2.38 bits per heavy atom. The number of rotatable bonds is 3.